The summed E-state index contributed by atoms with van der Waals surface area (Å²) >= 11 is 3.74. The van der Waals surface area contributed by atoms with Crippen molar-refractivity contribution in [3.63, 3.8) is 0 Å². The van der Waals surface area contributed by atoms with E-state index >= 15 is 0 Å². The van der Waals surface area contributed by atoms with Crippen molar-refractivity contribution in [2.45, 2.75) is 87.6 Å². The van der Waals surface area contributed by atoms with Crippen molar-refractivity contribution in [2.24, 2.45) is 5.73 Å². The van der Waals surface area contributed by atoms with Gasteiger partial charge in [0.1, 0.15) is 0 Å². The third-order valence-electron chi connectivity index (χ3n) is 6.62. The molecule has 3 rings (SSSR count). The zero-order valence-electron chi connectivity index (χ0n) is 18.6. The molecule has 1 aliphatic carbocycles. The zero-order chi connectivity index (χ0) is 21.8. The minimum Gasteiger partial charge on any atom is -0.376 e. The molecule has 0 radical (unpaired) electrons. The van der Waals surface area contributed by atoms with Crippen LogP contribution in [0.2, 0.25) is 0 Å². The molecule has 3 atom stereocenters. The molecule has 5 nitrogen and oxygen atoms in total. The average molecular weight is 501 g/mol. The van der Waals surface area contributed by atoms with Crippen molar-refractivity contribution < 1.29 is 8.95 Å². The third kappa shape index (κ3) is 5.93. The molecule has 0 spiro atoms. The first-order valence-corrected chi connectivity index (χ1v) is 13.1. The van der Waals surface area contributed by atoms with Gasteiger partial charge in [0.2, 0.25) is 0 Å². The summed E-state index contributed by atoms with van der Waals surface area (Å²) < 4.78 is 24.6. The van der Waals surface area contributed by atoms with Crippen LogP contribution in [-0.2, 0) is 15.7 Å². The number of halogens is 1. The Labute approximate surface area is 193 Å². The van der Waals surface area contributed by atoms with Gasteiger partial charge < -0.3 is 10.5 Å². The second kappa shape index (κ2) is 10.5. The van der Waals surface area contributed by atoms with Gasteiger partial charge >= 0.3 is 0 Å². The van der Waals surface area contributed by atoms with Crippen molar-refractivity contribution in [1.82, 2.24) is 8.65 Å². The Morgan fingerprint density at radius 3 is 2.50 bits per heavy atom. The molecule has 0 aromatic heterocycles. The Balaban J connectivity index is 1.60. The minimum atomic E-state index is -1.18. The molecule has 1 aromatic rings. The second-order valence-electron chi connectivity index (χ2n) is 9.80. The van der Waals surface area contributed by atoms with Gasteiger partial charge in [-0.2, -0.15) is 0 Å². The van der Waals surface area contributed by atoms with Crippen LogP contribution < -0.4 is 10.5 Å². The fourth-order valence-corrected chi connectivity index (χ4v) is 6.39. The van der Waals surface area contributed by atoms with Gasteiger partial charge in [0, 0.05) is 29.2 Å². The first kappa shape index (κ1) is 24.3. The number of rotatable bonds is 7. The maximum absolute atomic E-state index is 12.9. The Hall–Kier alpha value is -0.310. The van der Waals surface area contributed by atoms with E-state index in [9.17, 15) is 4.21 Å². The van der Waals surface area contributed by atoms with Crippen molar-refractivity contribution in [2.75, 3.05) is 19.7 Å². The van der Waals surface area contributed by atoms with Crippen molar-refractivity contribution in [3.8, 4) is 0 Å². The predicted octanol–water partition coefficient (Wildman–Crippen LogP) is 4.25. The monoisotopic (exact) mass is 499 g/mol. The summed E-state index contributed by atoms with van der Waals surface area (Å²) in [6.07, 6.45) is 6.72. The second-order valence-corrected chi connectivity index (χ2v) is 12.7. The highest BCUT2D eigenvalue weighted by molar-refractivity contribution is 9.07. The number of hydrogen-bond acceptors (Lipinski definition) is 4. The van der Waals surface area contributed by atoms with Gasteiger partial charge in [-0.05, 0) is 70.8 Å². The molecule has 1 saturated carbocycles. The van der Waals surface area contributed by atoms with E-state index in [-0.39, 0.29) is 16.9 Å². The van der Waals surface area contributed by atoms with Crippen LogP contribution in [0.4, 0.5) is 0 Å². The summed E-state index contributed by atoms with van der Waals surface area (Å²) in [6, 6.07) is 10.9. The lowest BCUT2D eigenvalue weighted by atomic mass is 9.82. The highest BCUT2D eigenvalue weighted by Crippen LogP contribution is 2.36. The van der Waals surface area contributed by atoms with Gasteiger partial charge in [0.15, 0.2) is 0 Å². The van der Waals surface area contributed by atoms with E-state index in [1.54, 1.807) is 0 Å². The van der Waals surface area contributed by atoms with Crippen molar-refractivity contribution in [1.29, 1.82) is 0 Å². The molecule has 30 heavy (non-hydrogen) atoms. The maximum Gasteiger partial charge on any atom is 0.0976 e. The summed E-state index contributed by atoms with van der Waals surface area (Å²) in [5.41, 5.74) is 7.31. The van der Waals surface area contributed by atoms with Crippen LogP contribution in [0.3, 0.4) is 0 Å². The van der Waals surface area contributed by atoms with E-state index in [0.717, 1.165) is 32.2 Å². The van der Waals surface area contributed by atoms with Gasteiger partial charge in [0.25, 0.3) is 0 Å². The van der Waals surface area contributed by atoms with Crippen LogP contribution in [0.25, 0.3) is 0 Å². The first-order valence-electron chi connectivity index (χ1n) is 11.2. The Kier molecular flexibility index (Phi) is 8.55. The Morgan fingerprint density at radius 2 is 1.90 bits per heavy atom. The molecule has 0 amide bonds. The largest absolute Gasteiger partial charge is 0.376 e. The molecule has 1 saturated heterocycles. The fraction of sp³-hybridized carbons (Fsp3) is 0.739. The SMILES string of the molecule is CC(C)(C)S(=O)NC1(CN)CCCN(Br)C1COC1CCC(c2ccccc2)CC1. The Morgan fingerprint density at radius 1 is 1.23 bits per heavy atom. The highest BCUT2D eigenvalue weighted by Gasteiger charge is 2.46. The number of hydrogen-bond donors (Lipinski definition) is 2. The molecule has 0 bridgehead atoms. The molecule has 2 aliphatic rings. The summed E-state index contributed by atoms with van der Waals surface area (Å²) in [5, 5.41) is 0. The van der Waals surface area contributed by atoms with Crippen LogP contribution in [0.15, 0.2) is 30.3 Å². The smallest absolute Gasteiger partial charge is 0.0976 e. The molecule has 170 valence electrons. The molecular formula is C23H38BrN3O2S. The lowest BCUT2D eigenvalue weighted by Crippen LogP contribution is -2.68. The number of benzene rings is 1. The van der Waals surface area contributed by atoms with E-state index in [2.05, 4.69) is 55.1 Å². The zero-order valence-corrected chi connectivity index (χ0v) is 21.0. The topological polar surface area (TPSA) is 67.6 Å². The quantitative estimate of drug-likeness (QED) is 0.550. The fourth-order valence-electron chi connectivity index (χ4n) is 4.63. The molecule has 1 aromatic carbocycles. The summed E-state index contributed by atoms with van der Waals surface area (Å²) in [5.74, 6) is 0.646. The van der Waals surface area contributed by atoms with E-state index in [4.69, 9.17) is 10.5 Å². The summed E-state index contributed by atoms with van der Waals surface area (Å²) in [4.78, 5) is 0. The van der Waals surface area contributed by atoms with E-state index in [1.807, 2.05) is 20.8 Å². The Bertz CT molecular complexity index is 691. The molecular weight excluding hydrogens is 462 g/mol. The first-order chi connectivity index (χ1) is 14.2. The molecule has 3 N–H and O–H groups in total. The lowest BCUT2D eigenvalue weighted by Gasteiger charge is -2.48. The van der Waals surface area contributed by atoms with E-state index in [1.165, 1.54) is 18.4 Å². The van der Waals surface area contributed by atoms with Gasteiger partial charge in [-0.15, -0.1) is 0 Å². The number of nitrogens with zero attached hydrogens (tertiary/aromatic N) is 1. The van der Waals surface area contributed by atoms with E-state index in [0.29, 0.717) is 19.1 Å². The third-order valence-corrected chi connectivity index (χ3v) is 9.18. The summed E-state index contributed by atoms with van der Waals surface area (Å²) in [7, 11) is -1.18. The molecule has 3 unspecified atom stereocenters. The predicted molar refractivity (Wildman–Crippen MR) is 129 cm³/mol. The lowest BCUT2D eigenvalue weighted by molar-refractivity contribution is -0.0215. The van der Waals surface area contributed by atoms with Gasteiger partial charge in [-0.3, -0.25) is 0 Å². The number of nitrogens with two attached hydrogens (primary N) is 1. The summed E-state index contributed by atoms with van der Waals surface area (Å²) in [6.45, 7) is 7.95. The van der Waals surface area contributed by atoms with Gasteiger partial charge in [0.05, 0.1) is 40.0 Å². The molecule has 1 heterocycles. The number of ether oxygens (including phenoxy) is 1. The average Bonchev–Trinajstić information content (AvgIpc) is 2.73. The molecule has 2 fully saturated rings. The van der Waals surface area contributed by atoms with Gasteiger partial charge in [-0.1, -0.05) is 30.3 Å². The van der Waals surface area contributed by atoms with Gasteiger partial charge in [-0.25, -0.2) is 12.9 Å². The van der Waals surface area contributed by atoms with Crippen LogP contribution in [-0.4, -0.2) is 50.3 Å². The van der Waals surface area contributed by atoms with Crippen LogP contribution in [0.1, 0.15) is 70.8 Å². The van der Waals surface area contributed by atoms with E-state index < -0.39 is 16.5 Å². The molecule has 1 aliphatic heterocycles. The molecule has 7 heteroatoms. The number of piperidine rings is 1. The standard InChI is InChI=1S/C23H38BrN3O2S/c1-22(2,3)30(28)26-23(17-25)14-7-15-27(24)21(23)16-29-20-12-10-19(11-13-20)18-8-5-4-6-9-18/h4-6,8-9,19-21,26H,7,10-17,25H2,1-3H3. The van der Waals surface area contributed by atoms with Crippen LogP contribution >= 0.6 is 16.1 Å². The maximum atomic E-state index is 12.9. The number of nitrogens with one attached hydrogen (secondary N) is 1. The highest BCUT2D eigenvalue weighted by atomic mass is 79.9. The van der Waals surface area contributed by atoms with Crippen LogP contribution in [0, 0.1) is 0 Å². The van der Waals surface area contributed by atoms with Crippen molar-refractivity contribution in [3.05, 3.63) is 35.9 Å². The van der Waals surface area contributed by atoms with Crippen LogP contribution in [0.5, 0.6) is 0 Å². The van der Waals surface area contributed by atoms with Crippen molar-refractivity contribution >= 4 is 27.1 Å². The minimum absolute atomic E-state index is 0.0504. The normalized spacial score (nSPS) is 32.1.